The predicted octanol–water partition coefficient (Wildman–Crippen LogP) is 5.25. The van der Waals surface area contributed by atoms with Crippen LogP contribution < -0.4 is 15.5 Å². The second-order valence-corrected chi connectivity index (χ2v) is 17.6. The van der Waals surface area contributed by atoms with Gasteiger partial charge < -0.3 is 40.3 Å². The van der Waals surface area contributed by atoms with Gasteiger partial charge in [0.2, 0.25) is 29.5 Å². The summed E-state index contributed by atoms with van der Waals surface area (Å²) < 4.78 is 1.59. The molecule has 3 aromatic heterocycles. The van der Waals surface area contributed by atoms with E-state index >= 15 is 0 Å². The van der Waals surface area contributed by atoms with E-state index in [1.54, 1.807) is 43.8 Å². The van der Waals surface area contributed by atoms with Crippen molar-refractivity contribution >= 4 is 86.1 Å². The Morgan fingerprint density at radius 2 is 1.68 bits per heavy atom. The fraction of sp³-hybridized carbons (Fsp3) is 0.455. The molecular weight excluding hydrogens is 854 g/mol. The number of aromatic amines is 1. The van der Waals surface area contributed by atoms with Crippen molar-refractivity contribution in [3.05, 3.63) is 74.9 Å². The van der Waals surface area contributed by atoms with Gasteiger partial charge in [-0.25, -0.2) is 0 Å². The number of nitrogens with zero attached hydrogens (tertiary/aromatic N) is 6. The standard InChI is InChI=1S/C44H55Cl2N9O6S/c1-51(2)20-10-11-38(59)53-23-24-55(39(60)28-53)41-15-13-30(62-41)12-14-36(57)47-18-8-6-4-3-5-7-9-19-48-37(58)27-54-22-17-35(50-54)31-25-33(45)43(46)44-42(31)32-26-52(40(61)29-56)21-16-34(32)49-44/h10-15,17,22,25,49,56H,3-9,16,18-21,23-24,26-29H2,1-2H3,(H,47,57)(H,48,58)/b11-10?,14-12+. The molecule has 2 aliphatic rings. The first-order valence-corrected chi connectivity index (χ1v) is 22.7. The number of benzene rings is 1. The molecule has 0 bridgehead atoms. The number of likely N-dealkylation sites (N-methyl/N-ethyl adjacent to an activating group) is 1. The number of aliphatic hydroxyl groups excluding tert-OH is 1. The zero-order valence-corrected chi connectivity index (χ0v) is 37.6. The molecule has 0 atom stereocenters. The molecule has 4 N–H and O–H groups in total. The molecule has 0 aliphatic carbocycles. The van der Waals surface area contributed by atoms with Gasteiger partial charge in [-0.05, 0) is 57.3 Å². The maximum Gasteiger partial charge on any atom is 0.248 e. The highest BCUT2D eigenvalue weighted by Crippen LogP contribution is 2.42. The number of hydrogen-bond donors (Lipinski definition) is 4. The van der Waals surface area contributed by atoms with Crippen molar-refractivity contribution < 1.29 is 29.1 Å². The van der Waals surface area contributed by atoms with E-state index in [0.717, 1.165) is 77.0 Å². The number of halogens is 2. The summed E-state index contributed by atoms with van der Waals surface area (Å²) in [5.41, 5.74) is 3.92. The fourth-order valence-electron chi connectivity index (χ4n) is 7.58. The van der Waals surface area contributed by atoms with E-state index in [2.05, 4.69) is 20.7 Å². The van der Waals surface area contributed by atoms with Crippen LogP contribution in [0.3, 0.4) is 0 Å². The van der Waals surface area contributed by atoms with E-state index in [4.69, 9.17) is 23.2 Å². The monoisotopic (exact) mass is 907 g/mol. The van der Waals surface area contributed by atoms with Gasteiger partial charge in [-0.3, -0.25) is 28.7 Å². The molecule has 5 amide bonds. The third-order valence-corrected chi connectivity index (χ3v) is 12.7. The molecule has 15 nitrogen and oxygen atoms in total. The van der Waals surface area contributed by atoms with Gasteiger partial charge in [0.15, 0.2) is 0 Å². The Kier molecular flexibility index (Phi) is 16.8. The largest absolute Gasteiger partial charge is 0.387 e. The number of amides is 5. The van der Waals surface area contributed by atoms with E-state index in [1.807, 2.05) is 37.2 Å². The summed E-state index contributed by atoms with van der Waals surface area (Å²) in [5.74, 6) is -0.909. The zero-order valence-electron chi connectivity index (χ0n) is 35.3. The van der Waals surface area contributed by atoms with Crippen molar-refractivity contribution in [3.8, 4) is 11.3 Å². The summed E-state index contributed by atoms with van der Waals surface area (Å²) in [7, 11) is 3.85. The number of carbonyl (C=O) groups excluding carboxylic acids is 5. The fourth-order valence-corrected chi connectivity index (χ4v) is 8.93. The Morgan fingerprint density at radius 3 is 2.40 bits per heavy atom. The van der Waals surface area contributed by atoms with Crippen LogP contribution in [0.1, 0.15) is 61.1 Å². The Bertz CT molecular complexity index is 2300. The first-order valence-electron chi connectivity index (χ1n) is 21.1. The van der Waals surface area contributed by atoms with Gasteiger partial charge in [0.1, 0.15) is 19.7 Å². The number of piperazine rings is 1. The summed E-state index contributed by atoms with van der Waals surface area (Å²) >= 11 is 14.6. The van der Waals surface area contributed by atoms with Crippen molar-refractivity contribution in [3.63, 3.8) is 0 Å². The van der Waals surface area contributed by atoms with Crippen LogP contribution in [0, 0.1) is 0 Å². The third-order valence-electron chi connectivity index (χ3n) is 10.9. The maximum absolute atomic E-state index is 12.8. The molecule has 4 aromatic rings. The van der Waals surface area contributed by atoms with Crippen molar-refractivity contribution in [2.24, 2.45) is 0 Å². The minimum absolute atomic E-state index is 0.0406. The van der Waals surface area contributed by atoms with Crippen molar-refractivity contribution in [2.45, 2.75) is 64.5 Å². The second kappa shape index (κ2) is 22.4. The third kappa shape index (κ3) is 12.3. The average molecular weight is 909 g/mol. The van der Waals surface area contributed by atoms with E-state index in [-0.39, 0.29) is 42.6 Å². The smallest absolute Gasteiger partial charge is 0.248 e. The first kappa shape index (κ1) is 46.5. The number of aromatic nitrogens is 3. The number of nitrogens with one attached hydrogen (secondary N) is 3. The van der Waals surface area contributed by atoms with Gasteiger partial charge >= 0.3 is 0 Å². The lowest BCUT2D eigenvalue weighted by molar-refractivity contribution is -0.135. The number of unbranched alkanes of at least 4 members (excludes halogenated alkanes) is 6. The lowest BCUT2D eigenvalue weighted by atomic mass is 9.99. The van der Waals surface area contributed by atoms with Crippen molar-refractivity contribution in [1.29, 1.82) is 0 Å². The molecule has 332 valence electrons. The van der Waals surface area contributed by atoms with Crippen LogP contribution in [0.25, 0.3) is 28.2 Å². The number of anilines is 1. The molecule has 0 spiro atoms. The Balaban J connectivity index is 0.822. The van der Waals surface area contributed by atoms with Crippen molar-refractivity contribution in [1.82, 2.24) is 40.1 Å². The summed E-state index contributed by atoms with van der Waals surface area (Å²) in [6.07, 6.45) is 15.9. The summed E-state index contributed by atoms with van der Waals surface area (Å²) in [6.45, 7) is 3.10. The number of carbonyl (C=O) groups is 5. The molecule has 0 saturated carbocycles. The van der Waals surface area contributed by atoms with Gasteiger partial charge in [-0.2, -0.15) is 5.10 Å². The number of rotatable bonds is 20. The number of fused-ring (bicyclic) bond motifs is 3. The number of aliphatic hydroxyl groups is 1. The summed E-state index contributed by atoms with van der Waals surface area (Å²) in [4.78, 5) is 73.8. The molecule has 18 heteroatoms. The Hall–Kier alpha value is -5.00. The van der Waals surface area contributed by atoms with E-state index in [9.17, 15) is 29.1 Å². The second-order valence-electron chi connectivity index (χ2n) is 15.8. The Labute approximate surface area is 375 Å². The highest BCUT2D eigenvalue weighted by molar-refractivity contribution is 7.17. The van der Waals surface area contributed by atoms with E-state index < -0.39 is 6.61 Å². The maximum atomic E-state index is 12.8. The van der Waals surface area contributed by atoms with Gasteiger partial charge in [0.25, 0.3) is 0 Å². The van der Waals surface area contributed by atoms with Crippen LogP contribution in [0.5, 0.6) is 0 Å². The molecule has 62 heavy (non-hydrogen) atoms. The molecule has 5 heterocycles. The molecule has 2 aliphatic heterocycles. The molecular formula is C44H55Cl2N9O6S. The molecule has 1 aromatic carbocycles. The van der Waals surface area contributed by atoms with E-state index in [1.165, 1.54) is 23.5 Å². The van der Waals surface area contributed by atoms with Gasteiger partial charge in [-0.1, -0.05) is 61.4 Å². The lowest BCUT2D eigenvalue weighted by Gasteiger charge is -2.33. The van der Waals surface area contributed by atoms with E-state index in [0.29, 0.717) is 73.5 Å². The van der Waals surface area contributed by atoms with Crippen LogP contribution in [0.15, 0.2) is 48.7 Å². The zero-order chi connectivity index (χ0) is 44.2. The van der Waals surface area contributed by atoms with Crippen LogP contribution >= 0.6 is 34.5 Å². The topological polar surface area (TPSA) is 176 Å². The highest BCUT2D eigenvalue weighted by atomic mass is 35.5. The number of H-pyrrole nitrogens is 1. The lowest BCUT2D eigenvalue weighted by Crippen LogP contribution is -2.51. The molecule has 1 saturated heterocycles. The number of hydrogen-bond acceptors (Lipinski definition) is 9. The normalized spacial score (nSPS) is 14.5. The highest BCUT2D eigenvalue weighted by Gasteiger charge is 2.29. The molecule has 6 rings (SSSR count). The SMILES string of the molecule is CN(C)CC=CC(=O)N1CCN(c2ccc(/C=C/C(=O)NCCCCCCCCCNC(=O)Cn3ccc(-c4cc(Cl)c(Cl)c5[nH]c6c(c45)CN(C(=O)CO)CC6)n3)s2)C(=O)C1. The summed E-state index contributed by atoms with van der Waals surface area (Å²) in [6, 6.07) is 7.34. The van der Waals surface area contributed by atoms with Crippen LogP contribution in [0.2, 0.25) is 10.0 Å². The quantitative estimate of drug-likeness (QED) is 0.0688. The van der Waals surface area contributed by atoms with Crippen LogP contribution in [-0.4, -0.2) is 131 Å². The van der Waals surface area contributed by atoms with Gasteiger partial charge in [0.05, 0.1) is 26.3 Å². The molecule has 1 fully saturated rings. The Morgan fingerprint density at radius 1 is 0.935 bits per heavy atom. The predicted molar refractivity (Wildman–Crippen MR) is 244 cm³/mol. The van der Waals surface area contributed by atoms with Crippen molar-refractivity contribution in [2.75, 3.05) is 71.4 Å². The van der Waals surface area contributed by atoms with Crippen LogP contribution in [0.4, 0.5) is 5.00 Å². The molecule has 0 radical (unpaired) electrons. The minimum atomic E-state index is -0.552. The average Bonchev–Trinajstić information content (AvgIpc) is 4.02. The van der Waals surface area contributed by atoms with Gasteiger partial charge in [-0.15, -0.1) is 11.3 Å². The first-order chi connectivity index (χ1) is 29.9. The van der Waals surface area contributed by atoms with Crippen LogP contribution in [-0.2, 0) is 43.5 Å². The van der Waals surface area contributed by atoms with Gasteiger partial charge in [0, 0.05) is 97.7 Å². The number of thiophene rings is 1. The summed E-state index contributed by atoms with van der Waals surface area (Å²) in [5, 5.41) is 22.4. The minimum Gasteiger partial charge on any atom is -0.387 e. The molecule has 0 unspecified atom stereocenters.